The van der Waals surface area contributed by atoms with Crippen LogP contribution in [-0.2, 0) is 17.8 Å². The summed E-state index contributed by atoms with van der Waals surface area (Å²) in [6.07, 6.45) is 0.620. The number of ether oxygens (including phenoxy) is 1. The Morgan fingerprint density at radius 3 is 3.05 bits per heavy atom. The van der Waals surface area contributed by atoms with Gasteiger partial charge in [0.25, 0.3) is 5.56 Å². The molecule has 0 aliphatic carbocycles. The van der Waals surface area contributed by atoms with Gasteiger partial charge in [-0.05, 0) is 34.1 Å². The average molecular weight is 325 g/mol. The molecule has 0 saturated heterocycles. The van der Waals surface area contributed by atoms with Gasteiger partial charge in [0.05, 0.1) is 28.9 Å². The lowest BCUT2D eigenvalue weighted by Crippen LogP contribution is -2.24. The average Bonchev–Trinajstić information content (AvgIpc) is 2.42. The van der Waals surface area contributed by atoms with E-state index in [1.807, 2.05) is 0 Å². The van der Waals surface area contributed by atoms with Crippen molar-refractivity contribution in [2.45, 2.75) is 13.0 Å². The van der Waals surface area contributed by atoms with E-state index in [2.05, 4.69) is 25.9 Å². The predicted octanol–water partition coefficient (Wildman–Crippen LogP) is 2.41. The molecule has 0 radical (unpaired) electrons. The molecule has 3 rings (SSSR count). The van der Waals surface area contributed by atoms with Gasteiger partial charge >= 0.3 is 0 Å². The molecule has 0 bridgehead atoms. The number of halogens is 2. The number of hydrogen-bond donors (Lipinski definition) is 1. The molecule has 1 aromatic carbocycles. The molecular weight excluding hydrogens is 315 g/mol. The topological polar surface area (TPSA) is 55.0 Å². The second kappa shape index (κ2) is 4.86. The number of H-pyrrole nitrogens is 1. The van der Waals surface area contributed by atoms with Gasteiger partial charge in [-0.1, -0.05) is 0 Å². The number of hydrogen-bond acceptors (Lipinski definition) is 3. The summed E-state index contributed by atoms with van der Waals surface area (Å²) < 4.78 is 18.8. The highest BCUT2D eigenvalue weighted by molar-refractivity contribution is 9.10. The Hall–Kier alpha value is -1.53. The van der Waals surface area contributed by atoms with Crippen LogP contribution < -0.4 is 5.56 Å². The van der Waals surface area contributed by atoms with Crippen molar-refractivity contribution < 1.29 is 9.13 Å². The number of nitrogens with one attached hydrogen (secondary N) is 1. The van der Waals surface area contributed by atoms with Gasteiger partial charge in [-0.25, -0.2) is 9.37 Å². The monoisotopic (exact) mass is 324 g/mol. The summed E-state index contributed by atoms with van der Waals surface area (Å²) in [6, 6.07) is 4.52. The SMILES string of the molecule is O=c1[nH]c(-c2ccc(F)c(Br)c2)nc2c1COCC2. The zero-order valence-electron chi connectivity index (χ0n) is 9.87. The Bertz CT molecular complexity index is 700. The lowest BCUT2D eigenvalue weighted by atomic mass is 10.1. The molecule has 4 nitrogen and oxygen atoms in total. The van der Waals surface area contributed by atoms with E-state index < -0.39 is 0 Å². The minimum atomic E-state index is -0.350. The molecule has 0 atom stereocenters. The van der Waals surface area contributed by atoms with Crippen molar-refractivity contribution in [3.05, 3.63) is 50.1 Å². The fraction of sp³-hybridized carbons (Fsp3) is 0.231. The lowest BCUT2D eigenvalue weighted by molar-refractivity contribution is 0.108. The Morgan fingerprint density at radius 2 is 2.26 bits per heavy atom. The maximum absolute atomic E-state index is 13.2. The van der Waals surface area contributed by atoms with E-state index in [1.54, 1.807) is 12.1 Å². The normalized spacial score (nSPS) is 14.2. The van der Waals surface area contributed by atoms with Gasteiger partial charge in [0.2, 0.25) is 0 Å². The van der Waals surface area contributed by atoms with Crippen LogP contribution in [0.15, 0.2) is 27.5 Å². The molecule has 2 aromatic rings. The number of benzene rings is 1. The smallest absolute Gasteiger partial charge is 0.256 e. The van der Waals surface area contributed by atoms with Crippen LogP contribution in [-0.4, -0.2) is 16.6 Å². The maximum atomic E-state index is 13.2. The van der Waals surface area contributed by atoms with E-state index in [9.17, 15) is 9.18 Å². The number of fused-ring (bicyclic) bond motifs is 1. The van der Waals surface area contributed by atoms with Gasteiger partial charge < -0.3 is 9.72 Å². The van der Waals surface area contributed by atoms with E-state index in [0.717, 1.165) is 5.69 Å². The summed E-state index contributed by atoms with van der Waals surface area (Å²) in [6.45, 7) is 0.862. The Morgan fingerprint density at radius 1 is 1.42 bits per heavy atom. The fourth-order valence-corrected chi connectivity index (χ4v) is 2.40. The van der Waals surface area contributed by atoms with E-state index >= 15 is 0 Å². The van der Waals surface area contributed by atoms with Gasteiger partial charge in [0.15, 0.2) is 0 Å². The third-order valence-corrected chi connectivity index (χ3v) is 3.63. The van der Waals surface area contributed by atoms with Gasteiger partial charge in [0, 0.05) is 12.0 Å². The molecule has 0 amide bonds. The highest BCUT2D eigenvalue weighted by atomic mass is 79.9. The largest absolute Gasteiger partial charge is 0.376 e. The summed E-state index contributed by atoms with van der Waals surface area (Å²) in [5.41, 5.74) is 1.81. The number of rotatable bonds is 1. The number of aromatic amines is 1. The Labute approximate surface area is 116 Å². The van der Waals surface area contributed by atoms with Gasteiger partial charge in [-0.2, -0.15) is 0 Å². The summed E-state index contributed by atoms with van der Waals surface area (Å²) in [5.74, 6) is 0.101. The summed E-state index contributed by atoms with van der Waals surface area (Å²) in [5, 5.41) is 0. The van der Waals surface area contributed by atoms with Crippen LogP contribution in [0, 0.1) is 5.82 Å². The highest BCUT2D eigenvalue weighted by Gasteiger charge is 2.16. The molecule has 0 saturated carbocycles. The zero-order chi connectivity index (χ0) is 13.4. The summed E-state index contributed by atoms with van der Waals surface area (Å²) in [7, 11) is 0. The quantitative estimate of drug-likeness (QED) is 0.876. The molecule has 0 fully saturated rings. The molecule has 0 unspecified atom stereocenters. The van der Waals surface area contributed by atoms with Crippen LogP contribution in [0.1, 0.15) is 11.3 Å². The van der Waals surface area contributed by atoms with Crippen molar-refractivity contribution in [3.63, 3.8) is 0 Å². The zero-order valence-corrected chi connectivity index (χ0v) is 11.5. The molecule has 1 aliphatic heterocycles. The van der Waals surface area contributed by atoms with Crippen LogP contribution in [0.25, 0.3) is 11.4 Å². The van der Waals surface area contributed by atoms with Crippen molar-refractivity contribution >= 4 is 15.9 Å². The van der Waals surface area contributed by atoms with Crippen molar-refractivity contribution in [1.29, 1.82) is 0 Å². The first-order valence-corrected chi connectivity index (χ1v) is 6.59. The fourth-order valence-electron chi connectivity index (χ4n) is 2.02. The maximum Gasteiger partial charge on any atom is 0.256 e. The first-order chi connectivity index (χ1) is 9.15. The highest BCUT2D eigenvalue weighted by Crippen LogP contribution is 2.23. The Balaban J connectivity index is 2.12. The summed E-state index contributed by atoms with van der Waals surface area (Å²) in [4.78, 5) is 19.1. The Kier molecular flexibility index (Phi) is 3.20. The molecule has 98 valence electrons. The van der Waals surface area contributed by atoms with Crippen molar-refractivity contribution in [2.24, 2.45) is 0 Å². The van der Waals surface area contributed by atoms with E-state index in [-0.39, 0.29) is 11.4 Å². The van der Waals surface area contributed by atoms with Gasteiger partial charge in [-0.3, -0.25) is 4.79 Å². The van der Waals surface area contributed by atoms with Gasteiger partial charge in [0.1, 0.15) is 11.6 Å². The second-order valence-corrected chi connectivity index (χ2v) is 5.13. The van der Waals surface area contributed by atoms with E-state index in [0.29, 0.717) is 41.1 Å². The molecule has 6 heteroatoms. The number of aromatic nitrogens is 2. The van der Waals surface area contributed by atoms with Crippen LogP contribution >= 0.6 is 15.9 Å². The van der Waals surface area contributed by atoms with Crippen molar-refractivity contribution in [2.75, 3.05) is 6.61 Å². The van der Waals surface area contributed by atoms with Crippen LogP contribution in [0.4, 0.5) is 4.39 Å². The van der Waals surface area contributed by atoms with Crippen LogP contribution in [0.5, 0.6) is 0 Å². The third-order valence-electron chi connectivity index (χ3n) is 3.02. The van der Waals surface area contributed by atoms with Crippen LogP contribution in [0.2, 0.25) is 0 Å². The lowest BCUT2D eigenvalue weighted by Gasteiger charge is -2.15. The molecule has 19 heavy (non-hydrogen) atoms. The third kappa shape index (κ3) is 2.33. The molecule has 2 heterocycles. The molecular formula is C13H10BrFN2O2. The molecule has 1 aromatic heterocycles. The summed E-state index contributed by atoms with van der Waals surface area (Å²) >= 11 is 3.12. The standard InChI is InChI=1S/C13H10BrFN2O2/c14-9-5-7(1-2-10(9)15)12-16-11-3-4-19-6-8(11)13(18)17-12/h1-2,5H,3-4,6H2,(H,16,17,18). The first-order valence-electron chi connectivity index (χ1n) is 5.80. The van der Waals surface area contributed by atoms with Crippen molar-refractivity contribution in [1.82, 2.24) is 9.97 Å². The number of nitrogens with zero attached hydrogens (tertiary/aromatic N) is 1. The van der Waals surface area contributed by atoms with E-state index in [1.165, 1.54) is 6.07 Å². The minimum absolute atomic E-state index is 0.194. The first kappa shape index (κ1) is 12.5. The molecule has 1 N–H and O–H groups in total. The van der Waals surface area contributed by atoms with Crippen molar-refractivity contribution in [3.8, 4) is 11.4 Å². The van der Waals surface area contributed by atoms with E-state index in [4.69, 9.17) is 4.74 Å². The molecule has 1 aliphatic rings. The molecule has 0 spiro atoms. The minimum Gasteiger partial charge on any atom is -0.376 e. The van der Waals surface area contributed by atoms with Gasteiger partial charge in [-0.15, -0.1) is 0 Å². The second-order valence-electron chi connectivity index (χ2n) is 4.27. The predicted molar refractivity (Wildman–Crippen MR) is 71.3 cm³/mol. The van der Waals surface area contributed by atoms with Crippen LogP contribution in [0.3, 0.4) is 0 Å².